The van der Waals surface area contributed by atoms with Crippen molar-refractivity contribution in [3.63, 3.8) is 0 Å². The molecule has 0 aliphatic heterocycles. The Bertz CT molecular complexity index is 775. The predicted octanol–water partition coefficient (Wildman–Crippen LogP) is 3.67. The molecule has 2 aromatic rings. The Morgan fingerprint density at radius 2 is 1.52 bits per heavy atom. The number of nitro benzene ring substituents is 1. The number of nitro groups is 1. The lowest BCUT2D eigenvalue weighted by Crippen LogP contribution is -2.22. The van der Waals surface area contributed by atoms with Gasteiger partial charge >= 0.3 is 0 Å². The minimum absolute atomic E-state index is 0.0146. The van der Waals surface area contributed by atoms with Crippen molar-refractivity contribution >= 4 is 40.6 Å². The molecule has 0 bridgehead atoms. The summed E-state index contributed by atoms with van der Waals surface area (Å²) in [5.74, 6) is -0.347. The number of anilines is 2. The summed E-state index contributed by atoms with van der Waals surface area (Å²) in [6.07, 6.45) is 0. The molecule has 7 nitrogen and oxygen atoms in total. The minimum atomic E-state index is -0.463. The highest BCUT2D eigenvalue weighted by molar-refractivity contribution is 8.00. The summed E-state index contributed by atoms with van der Waals surface area (Å²) in [6, 6.07) is 12.9. The van der Waals surface area contributed by atoms with Gasteiger partial charge in [0, 0.05) is 35.3 Å². The number of hydrogen-bond donors (Lipinski definition) is 2. The molecule has 0 unspecified atom stereocenters. The number of benzene rings is 2. The van der Waals surface area contributed by atoms with Crippen molar-refractivity contribution in [2.45, 2.75) is 24.0 Å². The van der Waals surface area contributed by atoms with Gasteiger partial charge in [-0.15, -0.1) is 11.8 Å². The second-order valence-electron chi connectivity index (χ2n) is 5.26. The number of carbonyl (C=O) groups excluding carboxylic acids is 2. The standard InChI is InChI=1S/C17H17N3O4S/c1-11(25-16-9-7-15(8-10-16)20(23)24)17(22)19-14-5-3-13(4-6-14)18-12(2)21/h3-11H,1-2H3,(H,18,21)(H,19,22)/t11-/m0/s1. The molecule has 8 heteroatoms. The zero-order chi connectivity index (χ0) is 18.4. The highest BCUT2D eigenvalue weighted by atomic mass is 32.2. The molecule has 0 heterocycles. The van der Waals surface area contributed by atoms with Crippen LogP contribution < -0.4 is 10.6 Å². The van der Waals surface area contributed by atoms with Gasteiger partial charge in [-0.05, 0) is 43.3 Å². The lowest BCUT2D eigenvalue weighted by molar-refractivity contribution is -0.384. The van der Waals surface area contributed by atoms with E-state index in [-0.39, 0.29) is 22.8 Å². The van der Waals surface area contributed by atoms with Crippen LogP contribution in [0.5, 0.6) is 0 Å². The smallest absolute Gasteiger partial charge is 0.269 e. The molecule has 0 aromatic heterocycles. The third-order valence-corrected chi connectivity index (χ3v) is 4.31. The maximum atomic E-state index is 12.2. The Balaban J connectivity index is 1.93. The van der Waals surface area contributed by atoms with Gasteiger partial charge in [-0.2, -0.15) is 0 Å². The SMILES string of the molecule is CC(=O)Nc1ccc(NC(=O)[C@H](C)Sc2ccc([N+](=O)[O-])cc2)cc1. The topological polar surface area (TPSA) is 101 Å². The predicted molar refractivity (Wildman–Crippen MR) is 97.8 cm³/mol. The van der Waals surface area contributed by atoms with Crippen LogP contribution in [-0.4, -0.2) is 22.0 Å². The van der Waals surface area contributed by atoms with Crippen molar-refractivity contribution in [2.24, 2.45) is 0 Å². The maximum absolute atomic E-state index is 12.2. The van der Waals surface area contributed by atoms with Crippen LogP contribution in [0, 0.1) is 10.1 Å². The van der Waals surface area contributed by atoms with Crippen molar-refractivity contribution in [1.29, 1.82) is 0 Å². The van der Waals surface area contributed by atoms with Gasteiger partial charge in [-0.25, -0.2) is 0 Å². The largest absolute Gasteiger partial charge is 0.326 e. The van der Waals surface area contributed by atoms with Gasteiger partial charge in [-0.1, -0.05) is 0 Å². The third kappa shape index (κ3) is 5.61. The average Bonchev–Trinajstić information content (AvgIpc) is 2.56. The fourth-order valence-corrected chi connectivity index (χ4v) is 2.86. The maximum Gasteiger partial charge on any atom is 0.269 e. The molecule has 0 aliphatic rings. The molecule has 0 saturated carbocycles. The fraction of sp³-hybridized carbons (Fsp3) is 0.176. The Morgan fingerprint density at radius 3 is 2.00 bits per heavy atom. The summed E-state index contributed by atoms with van der Waals surface area (Å²) in [6.45, 7) is 3.18. The summed E-state index contributed by atoms with van der Waals surface area (Å²) in [4.78, 5) is 34.2. The highest BCUT2D eigenvalue weighted by Gasteiger charge is 2.15. The average molecular weight is 359 g/mol. The quantitative estimate of drug-likeness (QED) is 0.465. The van der Waals surface area contributed by atoms with E-state index in [9.17, 15) is 19.7 Å². The lowest BCUT2D eigenvalue weighted by Gasteiger charge is -2.12. The second kappa shape index (κ2) is 8.29. The Labute approximate surface area is 149 Å². The first-order valence-corrected chi connectivity index (χ1v) is 8.33. The lowest BCUT2D eigenvalue weighted by atomic mass is 10.2. The normalized spacial score (nSPS) is 11.4. The number of rotatable bonds is 6. The molecule has 25 heavy (non-hydrogen) atoms. The van der Waals surface area contributed by atoms with Crippen molar-refractivity contribution in [3.8, 4) is 0 Å². The van der Waals surface area contributed by atoms with E-state index in [1.165, 1.54) is 30.8 Å². The summed E-state index contributed by atoms with van der Waals surface area (Å²) in [5.41, 5.74) is 1.29. The Morgan fingerprint density at radius 1 is 1.00 bits per heavy atom. The first-order valence-electron chi connectivity index (χ1n) is 7.45. The van der Waals surface area contributed by atoms with Crippen LogP contribution in [0.2, 0.25) is 0 Å². The second-order valence-corrected chi connectivity index (χ2v) is 6.67. The first kappa shape index (κ1) is 18.5. The number of hydrogen-bond acceptors (Lipinski definition) is 5. The van der Waals surface area contributed by atoms with E-state index in [0.29, 0.717) is 11.4 Å². The molecule has 0 aliphatic carbocycles. The van der Waals surface area contributed by atoms with Gasteiger partial charge in [0.05, 0.1) is 10.2 Å². The molecule has 0 saturated heterocycles. The zero-order valence-electron chi connectivity index (χ0n) is 13.7. The van der Waals surface area contributed by atoms with Gasteiger partial charge in [0.15, 0.2) is 0 Å². The van der Waals surface area contributed by atoms with Crippen LogP contribution in [0.15, 0.2) is 53.4 Å². The molecule has 130 valence electrons. The molecule has 2 rings (SSSR count). The van der Waals surface area contributed by atoms with Gasteiger partial charge in [-0.3, -0.25) is 19.7 Å². The van der Waals surface area contributed by atoms with Crippen LogP contribution in [0.4, 0.5) is 17.1 Å². The number of nitrogens with one attached hydrogen (secondary N) is 2. The molecular weight excluding hydrogens is 342 g/mol. The van der Waals surface area contributed by atoms with Crippen LogP contribution in [0.1, 0.15) is 13.8 Å². The number of amides is 2. The zero-order valence-corrected chi connectivity index (χ0v) is 14.5. The number of nitrogens with zero attached hydrogens (tertiary/aromatic N) is 1. The molecule has 0 spiro atoms. The summed E-state index contributed by atoms with van der Waals surface area (Å²) < 4.78 is 0. The van der Waals surface area contributed by atoms with Gasteiger partial charge in [0.25, 0.3) is 5.69 Å². The van der Waals surface area contributed by atoms with Crippen LogP contribution >= 0.6 is 11.8 Å². The van der Waals surface area contributed by atoms with Crippen LogP contribution in [0.25, 0.3) is 0 Å². The number of non-ortho nitro benzene ring substituents is 1. The Hall–Kier alpha value is -2.87. The van der Waals surface area contributed by atoms with Crippen LogP contribution in [0.3, 0.4) is 0 Å². The van der Waals surface area contributed by atoms with E-state index in [1.807, 2.05) is 0 Å². The van der Waals surface area contributed by atoms with E-state index in [1.54, 1.807) is 43.3 Å². The van der Waals surface area contributed by atoms with E-state index in [2.05, 4.69) is 10.6 Å². The molecule has 0 fully saturated rings. The van der Waals surface area contributed by atoms with E-state index >= 15 is 0 Å². The van der Waals surface area contributed by atoms with Gasteiger partial charge < -0.3 is 10.6 Å². The molecule has 0 radical (unpaired) electrons. The van der Waals surface area contributed by atoms with E-state index < -0.39 is 4.92 Å². The molecular formula is C17H17N3O4S. The monoisotopic (exact) mass is 359 g/mol. The fourth-order valence-electron chi connectivity index (χ4n) is 1.99. The Kier molecular flexibility index (Phi) is 6.13. The minimum Gasteiger partial charge on any atom is -0.326 e. The summed E-state index contributed by atoms with van der Waals surface area (Å²) >= 11 is 1.31. The molecule has 2 aromatic carbocycles. The van der Waals surface area contributed by atoms with E-state index in [4.69, 9.17) is 0 Å². The highest BCUT2D eigenvalue weighted by Crippen LogP contribution is 2.26. The summed E-state index contributed by atoms with van der Waals surface area (Å²) in [7, 11) is 0. The number of carbonyl (C=O) groups is 2. The van der Waals surface area contributed by atoms with Crippen molar-refractivity contribution < 1.29 is 14.5 Å². The van der Waals surface area contributed by atoms with Crippen molar-refractivity contribution in [2.75, 3.05) is 10.6 Å². The van der Waals surface area contributed by atoms with Crippen molar-refractivity contribution in [1.82, 2.24) is 0 Å². The third-order valence-electron chi connectivity index (χ3n) is 3.20. The van der Waals surface area contributed by atoms with E-state index in [0.717, 1.165) is 4.90 Å². The van der Waals surface area contributed by atoms with Crippen LogP contribution in [-0.2, 0) is 9.59 Å². The van der Waals surface area contributed by atoms with Gasteiger partial charge in [0.2, 0.25) is 11.8 Å². The first-order chi connectivity index (χ1) is 11.8. The number of thioether (sulfide) groups is 1. The summed E-state index contributed by atoms with van der Waals surface area (Å²) in [5, 5.41) is 15.7. The van der Waals surface area contributed by atoms with Crippen molar-refractivity contribution in [3.05, 3.63) is 58.6 Å². The van der Waals surface area contributed by atoms with Gasteiger partial charge in [0.1, 0.15) is 0 Å². The molecule has 2 amide bonds. The molecule has 1 atom stereocenters. The molecule has 2 N–H and O–H groups in total.